The quantitative estimate of drug-likeness (QED) is 0.888. The van der Waals surface area contributed by atoms with Crippen LogP contribution in [-0.4, -0.2) is 27.6 Å². The van der Waals surface area contributed by atoms with E-state index in [1.54, 1.807) is 20.1 Å². The van der Waals surface area contributed by atoms with E-state index in [4.69, 9.17) is 10.5 Å². The molecule has 0 aliphatic heterocycles. The van der Waals surface area contributed by atoms with Crippen LogP contribution in [0.3, 0.4) is 0 Å². The number of sulfonamides is 1. The molecule has 1 aromatic carbocycles. The summed E-state index contributed by atoms with van der Waals surface area (Å²) in [7, 11) is -1.95. The lowest BCUT2D eigenvalue weighted by Gasteiger charge is -2.19. The zero-order chi connectivity index (χ0) is 15.8. The van der Waals surface area contributed by atoms with Gasteiger partial charge in [-0.05, 0) is 62.8 Å². The number of benzene rings is 1. The first-order valence-electron chi connectivity index (χ1n) is 7.19. The summed E-state index contributed by atoms with van der Waals surface area (Å²) in [5, 5.41) is 0. The molecule has 5 nitrogen and oxygen atoms in total. The molecule has 0 aromatic heterocycles. The summed E-state index contributed by atoms with van der Waals surface area (Å²) in [4.78, 5) is 0.362. The van der Waals surface area contributed by atoms with Crippen LogP contribution < -0.4 is 15.2 Å². The molecule has 6 heteroatoms. The van der Waals surface area contributed by atoms with Crippen LogP contribution in [0.4, 0.5) is 0 Å². The number of aryl methyl sites for hydroxylation is 1. The van der Waals surface area contributed by atoms with Crippen molar-refractivity contribution >= 4 is 10.0 Å². The van der Waals surface area contributed by atoms with Crippen molar-refractivity contribution in [1.82, 2.24) is 4.72 Å². The topological polar surface area (TPSA) is 81.4 Å². The summed E-state index contributed by atoms with van der Waals surface area (Å²) < 4.78 is 33.5. The average molecular weight is 312 g/mol. The summed E-state index contributed by atoms with van der Waals surface area (Å²) in [6.07, 6.45) is 2.37. The van der Waals surface area contributed by atoms with E-state index in [0.717, 1.165) is 24.0 Å². The number of hydrogen-bond donors (Lipinski definition) is 2. The van der Waals surface area contributed by atoms with E-state index in [9.17, 15) is 8.42 Å². The lowest BCUT2D eigenvalue weighted by Crippen LogP contribution is -2.35. The van der Waals surface area contributed by atoms with Crippen LogP contribution in [0.15, 0.2) is 11.0 Å². The fourth-order valence-electron chi connectivity index (χ4n) is 3.05. The Balaban J connectivity index is 2.38. The fraction of sp³-hybridized carbons (Fsp3) is 0.600. The third kappa shape index (κ3) is 3.22. The minimum absolute atomic E-state index is 0.0637. The predicted molar refractivity (Wildman–Crippen MR) is 83.1 cm³/mol. The predicted octanol–water partition coefficient (Wildman–Crippen LogP) is 1.78. The highest BCUT2D eigenvalue weighted by Gasteiger charge is 2.29. The minimum atomic E-state index is -3.54. The number of nitrogens with two attached hydrogens (primary N) is 1. The van der Waals surface area contributed by atoms with Crippen LogP contribution in [0, 0.1) is 20.8 Å². The molecule has 2 atom stereocenters. The molecule has 0 heterocycles. The van der Waals surface area contributed by atoms with Gasteiger partial charge in [-0.25, -0.2) is 13.1 Å². The molecule has 0 amide bonds. The molecule has 0 saturated heterocycles. The Labute approximate surface area is 126 Å². The normalized spacial score (nSPS) is 22.5. The van der Waals surface area contributed by atoms with Crippen molar-refractivity contribution in [2.45, 2.75) is 57.0 Å². The molecule has 118 valence electrons. The zero-order valence-electron chi connectivity index (χ0n) is 13.1. The second-order valence-corrected chi connectivity index (χ2v) is 7.52. The van der Waals surface area contributed by atoms with Gasteiger partial charge in [-0.2, -0.15) is 0 Å². The molecule has 0 radical (unpaired) electrons. The SMILES string of the molecule is COc1cc(C)c(S(=O)(=O)N[C@@H]2CC[C@@H](N)C2)c(C)c1C. The lowest BCUT2D eigenvalue weighted by molar-refractivity contribution is 0.410. The summed E-state index contributed by atoms with van der Waals surface area (Å²) >= 11 is 0. The Morgan fingerprint density at radius 3 is 2.43 bits per heavy atom. The molecule has 0 bridgehead atoms. The molecule has 1 fully saturated rings. The molecule has 0 spiro atoms. The van der Waals surface area contributed by atoms with E-state index in [2.05, 4.69) is 4.72 Å². The lowest BCUT2D eigenvalue weighted by atomic mass is 10.1. The number of nitrogens with one attached hydrogen (secondary N) is 1. The van der Waals surface area contributed by atoms with Gasteiger partial charge in [0.25, 0.3) is 0 Å². The molecule has 0 unspecified atom stereocenters. The molecule has 21 heavy (non-hydrogen) atoms. The minimum Gasteiger partial charge on any atom is -0.496 e. The van der Waals surface area contributed by atoms with Crippen LogP contribution in [0.2, 0.25) is 0 Å². The first kappa shape index (κ1) is 16.3. The van der Waals surface area contributed by atoms with Gasteiger partial charge in [0.1, 0.15) is 5.75 Å². The highest BCUT2D eigenvalue weighted by molar-refractivity contribution is 7.89. The third-order valence-corrected chi connectivity index (χ3v) is 6.07. The summed E-state index contributed by atoms with van der Waals surface area (Å²) in [5.41, 5.74) is 8.14. The van der Waals surface area contributed by atoms with Crippen molar-refractivity contribution in [1.29, 1.82) is 0 Å². The van der Waals surface area contributed by atoms with E-state index >= 15 is 0 Å². The van der Waals surface area contributed by atoms with E-state index in [1.165, 1.54) is 0 Å². The van der Waals surface area contributed by atoms with E-state index < -0.39 is 10.0 Å². The maximum Gasteiger partial charge on any atom is 0.241 e. The zero-order valence-corrected chi connectivity index (χ0v) is 13.9. The van der Waals surface area contributed by atoms with Crippen LogP contribution in [-0.2, 0) is 10.0 Å². The van der Waals surface area contributed by atoms with Crippen molar-refractivity contribution in [3.63, 3.8) is 0 Å². The molecular formula is C15H24N2O3S. The first-order valence-corrected chi connectivity index (χ1v) is 8.67. The van der Waals surface area contributed by atoms with Crippen molar-refractivity contribution in [3.8, 4) is 5.75 Å². The van der Waals surface area contributed by atoms with E-state index in [0.29, 0.717) is 22.6 Å². The van der Waals surface area contributed by atoms with Gasteiger partial charge in [0, 0.05) is 12.1 Å². The van der Waals surface area contributed by atoms with Crippen molar-refractivity contribution in [2.24, 2.45) is 5.73 Å². The largest absolute Gasteiger partial charge is 0.496 e. The molecule has 1 aliphatic rings. The van der Waals surface area contributed by atoms with Crippen molar-refractivity contribution in [3.05, 3.63) is 22.8 Å². The highest BCUT2D eigenvalue weighted by atomic mass is 32.2. The summed E-state index contributed by atoms with van der Waals surface area (Å²) in [5.74, 6) is 0.715. The summed E-state index contributed by atoms with van der Waals surface area (Å²) in [6.45, 7) is 5.49. The van der Waals surface area contributed by atoms with Gasteiger partial charge in [-0.15, -0.1) is 0 Å². The first-order chi connectivity index (χ1) is 9.76. The average Bonchev–Trinajstić information content (AvgIpc) is 2.78. The Bertz CT molecular complexity index is 641. The van der Waals surface area contributed by atoms with Crippen LogP contribution in [0.25, 0.3) is 0 Å². The Morgan fingerprint density at radius 2 is 1.90 bits per heavy atom. The van der Waals surface area contributed by atoms with Gasteiger partial charge in [0.15, 0.2) is 0 Å². The maximum atomic E-state index is 12.7. The fourth-order valence-corrected chi connectivity index (χ4v) is 4.86. The van der Waals surface area contributed by atoms with Crippen LogP contribution in [0.1, 0.15) is 36.0 Å². The van der Waals surface area contributed by atoms with Gasteiger partial charge in [-0.1, -0.05) is 0 Å². The van der Waals surface area contributed by atoms with Gasteiger partial charge in [0.05, 0.1) is 12.0 Å². The van der Waals surface area contributed by atoms with Crippen molar-refractivity contribution < 1.29 is 13.2 Å². The van der Waals surface area contributed by atoms with E-state index in [1.807, 2.05) is 13.8 Å². The summed E-state index contributed by atoms with van der Waals surface area (Å²) in [6, 6.07) is 1.81. The molecular weight excluding hydrogens is 288 g/mol. The number of rotatable bonds is 4. The van der Waals surface area contributed by atoms with E-state index in [-0.39, 0.29) is 12.1 Å². The monoisotopic (exact) mass is 312 g/mol. The molecule has 2 rings (SSSR count). The van der Waals surface area contributed by atoms with Gasteiger partial charge < -0.3 is 10.5 Å². The van der Waals surface area contributed by atoms with Crippen molar-refractivity contribution in [2.75, 3.05) is 7.11 Å². The Morgan fingerprint density at radius 1 is 1.24 bits per heavy atom. The van der Waals surface area contributed by atoms with Gasteiger partial charge in [0.2, 0.25) is 10.0 Å². The Kier molecular flexibility index (Phi) is 4.60. The second-order valence-electron chi connectivity index (χ2n) is 5.87. The molecule has 1 saturated carbocycles. The number of methoxy groups -OCH3 is 1. The van der Waals surface area contributed by atoms with Gasteiger partial charge in [-0.3, -0.25) is 0 Å². The van der Waals surface area contributed by atoms with Crippen LogP contribution >= 0.6 is 0 Å². The smallest absolute Gasteiger partial charge is 0.241 e. The highest BCUT2D eigenvalue weighted by Crippen LogP contribution is 2.31. The Hall–Kier alpha value is -1.11. The number of hydrogen-bond acceptors (Lipinski definition) is 4. The third-order valence-electron chi connectivity index (χ3n) is 4.26. The molecule has 1 aromatic rings. The second kappa shape index (κ2) is 5.94. The van der Waals surface area contributed by atoms with Gasteiger partial charge >= 0.3 is 0 Å². The number of ether oxygens (including phenoxy) is 1. The van der Waals surface area contributed by atoms with Crippen LogP contribution in [0.5, 0.6) is 5.75 Å². The molecule has 1 aliphatic carbocycles. The maximum absolute atomic E-state index is 12.7. The standard InChI is InChI=1S/C15H24N2O3S/c1-9-7-14(20-4)10(2)11(3)15(9)21(18,19)17-13-6-5-12(16)8-13/h7,12-13,17H,5-6,8,16H2,1-4H3/t12-,13-/m1/s1. The molecule has 3 N–H and O–H groups in total.